The van der Waals surface area contributed by atoms with Crippen LogP contribution in [0.25, 0.3) is 0 Å². The zero-order valence-electron chi connectivity index (χ0n) is 14.1. The molecule has 5 nitrogen and oxygen atoms in total. The van der Waals surface area contributed by atoms with Crippen LogP contribution in [-0.2, 0) is 27.3 Å². The Balaban J connectivity index is 1.97. The standard InChI is InChI=1S/C20H21NO4/c1-2-24-19(22)18(14-13-16-9-5-3-6-10-16)21-20(23)25-15-17-11-7-4-8-12-17/h3-12,14H,2,13,15H2,1H3,(H,21,23). The van der Waals surface area contributed by atoms with E-state index in [9.17, 15) is 9.59 Å². The summed E-state index contributed by atoms with van der Waals surface area (Å²) in [5.41, 5.74) is 1.95. The van der Waals surface area contributed by atoms with E-state index in [0.29, 0.717) is 6.42 Å². The van der Waals surface area contributed by atoms with E-state index in [2.05, 4.69) is 5.32 Å². The zero-order chi connectivity index (χ0) is 17.9. The molecule has 0 radical (unpaired) electrons. The summed E-state index contributed by atoms with van der Waals surface area (Å²) in [6.07, 6.45) is 1.42. The summed E-state index contributed by atoms with van der Waals surface area (Å²) in [5.74, 6) is -0.588. The maximum Gasteiger partial charge on any atom is 0.412 e. The van der Waals surface area contributed by atoms with E-state index in [1.807, 2.05) is 60.7 Å². The van der Waals surface area contributed by atoms with E-state index in [-0.39, 0.29) is 18.9 Å². The van der Waals surface area contributed by atoms with Gasteiger partial charge in [0.25, 0.3) is 0 Å². The van der Waals surface area contributed by atoms with Crippen molar-refractivity contribution in [3.8, 4) is 0 Å². The highest BCUT2D eigenvalue weighted by molar-refractivity contribution is 5.92. The highest BCUT2D eigenvalue weighted by atomic mass is 16.6. The van der Waals surface area contributed by atoms with Gasteiger partial charge in [0.2, 0.25) is 0 Å². The van der Waals surface area contributed by atoms with Gasteiger partial charge in [-0.25, -0.2) is 9.59 Å². The van der Waals surface area contributed by atoms with Gasteiger partial charge in [-0.3, -0.25) is 5.32 Å². The topological polar surface area (TPSA) is 64.6 Å². The Hall–Kier alpha value is -3.08. The predicted octanol–water partition coefficient (Wildman–Crippen LogP) is 3.60. The molecule has 2 aromatic rings. The molecule has 0 saturated carbocycles. The molecular weight excluding hydrogens is 318 g/mol. The molecule has 0 fully saturated rings. The molecule has 2 aromatic carbocycles. The van der Waals surface area contributed by atoms with E-state index < -0.39 is 12.1 Å². The number of hydrogen-bond acceptors (Lipinski definition) is 4. The fraction of sp³-hybridized carbons (Fsp3) is 0.200. The van der Waals surface area contributed by atoms with Crippen molar-refractivity contribution in [3.63, 3.8) is 0 Å². The monoisotopic (exact) mass is 339 g/mol. The van der Waals surface area contributed by atoms with Gasteiger partial charge in [0.1, 0.15) is 12.3 Å². The van der Waals surface area contributed by atoms with Crippen molar-refractivity contribution in [2.45, 2.75) is 20.0 Å². The summed E-state index contributed by atoms with van der Waals surface area (Å²) in [4.78, 5) is 24.0. The first-order chi connectivity index (χ1) is 12.2. The van der Waals surface area contributed by atoms with Gasteiger partial charge in [-0.2, -0.15) is 0 Å². The number of hydrogen-bond donors (Lipinski definition) is 1. The fourth-order valence-corrected chi connectivity index (χ4v) is 2.10. The molecule has 130 valence electrons. The number of ether oxygens (including phenoxy) is 2. The van der Waals surface area contributed by atoms with Gasteiger partial charge in [-0.05, 0) is 30.5 Å². The third-order valence-corrected chi connectivity index (χ3v) is 3.33. The van der Waals surface area contributed by atoms with Crippen molar-refractivity contribution in [3.05, 3.63) is 83.6 Å². The van der Waals surface area contributed by atoms with E-state index in [1.165, 1.54) is 0 Å². The van der Waals surface area contributed by atoms with Crippen LogP contribution in [0.3, 0.4) is 0 Å². The maximum absolute atomic E-state index is 12.0. The van der Waals surface area contributed by atoms with Gasteiger partial charge in [0.15, 0.2) is 0 Å². The molecule has 0 spiro atoms. The van der Waals surface area contributed by atoms with Gasteiger partial charge < -0.3 is 9.47 Å². The first kappa shape index (κ1) is 18.3. The molecule has 0 aromatic heterocycles. The largest absolute Gasteiger partial charge is 0.461 e. The molecular formula is C20H21NO4. The van der Waals surface area contributed by atoms with Gasteiger partial charge in [0, 0.05) is 0 Å². The number of rotatable bonds is 7. The van der Waals surface area contributed by atoms with Crippen LogP contribution in [0.15, 0.2) is 72.4 Å². The highest BCUT2D eigenvalue weighted by Gasteiger charge is 2.14. The Kier molecular flexibility index (Phi) is 7.25. The van der Waals surface area contributed by atoms with E-state index in [4.69, 9.17) is 9.47 Å². The second-order valence-corrected chi connectivity index (χ2v) is 5.21. The molecule has 1 N–H and O–H groups in total. The van der Waals surface area contributed by atoms with Crippen LogP contribution in [0.2, 0.25) is 0 Å². The van der Waals surface area contributed by atoms with Crippen LogP contribution in [-0.4, -0.2) is 18.7 Å². The third-order valence-electron chi connectivity index (χ3n) is 3.33. The number of carbonyl (C=O) groups excluding carboxylic acids is 2. The molecule has 0 heterocycles. The molecule has 0 aliphatic rings. The lowest BCUT2D eigenvalue weighted by Gasteiger charge is -2.10. The van der Waals surface area contributed by atoms with Gasteiger partial charge >= 0.3 is 12.1 Å². The molecule has 0 saturated heterocycles. The highest BCUT2D eigenvalue weighted by Crippen LogP contribution is 2.05. The normalized spacial score (nSPS) is 10.8. The van der Waals surface area contributed by atoms with Gasteiger partial charge in [0.05, 0.1) is 6.61 Å². The molecule has 0 aliphatic carbocycles. The van der Waals surface area contributed by atoms with Crippen LogP contribution in [0.1, 0.15) is 18.1 Å². The van der Waals surface area contributed by atoms with Crippen LogP contribution in [0, 0.1) is 0 Å². The molecule has 2 rings (SSSR count). The minimum Gasteiger partial charge on any atom is -0.461 e. The lowest BCUT2D eigenvalue weighted by atomic mass is 10.1. The molecule has 1 amide bonds. The number of nitrogens with one attached hydrogen (secondary N) is 1. The third kappa shape index (κ3) is 6.51. The average molecular weight is 339 g/mol. The summed E-state index contributed by atoms with van der Waals surface area (Å²) >= 11 is 0. The molecule has 5 heteroatoms. The van der Waals surface area contributed by atoms with Crippen molar-refractivity contribution in [1.82, 2.24) is 5.32 Å². The van der Waals surface area contributed by atoms with Crippen LogP contribution in [0.4, 0.5) is 4.79 Å². The number of amides is 1. The summed E-state index contributed by atoms with van der Waals surface area (Å²) in [6, 6.07) is 18.9. The number of benzene rings is 2. The van der Waals surface area contributed by atoms with Crippen molar-refractivity contribution in [2.75, 3.05) is 6.61 Å². The molecule has 25 heavy (non-hydrogen) atoms. The summed E-state index contributed by atoms with van der Waals surface area (Å²) in [6.45, 7) is 2.06. The minimum absolute atomic E-state index is 0.0729. The van der Waals surface area contributed by atoms with E-state index >= 15 is 0 Å². The van der Waals surface area contributed by atoms with Gasteiger partial charge in [-0.1, -0.05) is 60.7 Å². The van der Waals surface area contributed by atoms with Crippen molar-refractivity contribution < 1.29 is 19.1 Å². The Morgan fingerprint density at radius 3 is 2.12 bits per heavy atom. The lowest BCUT2D eigenvalue weighted by Crippen LogP contribution is -2.29. The summed E-state index contributed by atoms with van der Waals surface area (Å²) in [5, 5.41) is 2.47. The van der Waals surface area contributed by atoms with E-state index in [0.717, 1.165) is 11.1 Å². The number of allylic oxidation sites excluding steroid dienone is 1. The second kappa shape index (κ2) is 9.93. The molecule has 0 aliphatic heterocycles. The molecule has 0 atom stereocenters. The first-order valence-corrected chi connectivity index (χ1v) is 8.08. The van der Waals surface area contributed by atoms with Crippen LogP contribution in [0.5, 0.6) is 0 Å². The van der Waals surface area contributed by atoms with Crippen molar-refractivity contribution in [1.29, 1.82) is 0 Å². The maximum atomic E-state index is 12.0. The van der Waals surface area contributed by atoms with E-state index in [1.54, 1.807) is 13.0 Å². The summed E-state index contributed by atoms with van der Waals surface area (Å²) < 4.78 is 10.1. The number of alkyl carbamates (subject to hydrolysis) is 1. The predicted molar refractivity (Wildman–Crippen MR) is 94.6 cm³/mol. The Labute approximate surface area is 147 Å². The zero-order valence-corrected chi connectivity index (χ0v) is 14.1. The second-order valence-electron chi connectivity index (χ2n) is 5.21. The quantitative estimate of drug-likeness (QED) is 0.618. The SMILES string of the molecule is CCOC(=O)C(=CCc1ccccc1)NC(=O)OCc1ccccc1. The van der Waals surface area contributed by atoms with Gasteiger partial charge in [-0.15, -0.1) is 0 Å². The molecule has 0 bridgehead atoms. The number of esters is 1. The van der Waals surface area contributed by atoms with Crippen molar-refractivity contribution >= 4 is 12.1 Å². The molecule has 0 unspecified atom stereocenters. The minimum atomic E-state index is -0.698. The fourth-order valence-electron chi connectivity index (χ4n) is 2.10. The Morgan fingerprint density at radius 1 is 0.920 bits per heavy atom. The van der Waals surface area contributed by atoms with Crippen LogP contribution < -0.4 is 5.32 Å². The smallest absolute Gasteiger partial charge is 0.412 e. The average Bonchev–Trinajstić information content (AvgIpc) is 2.65. The lowest BCUT2D eigenvalue weighted by molar-refractivity contribution is -0.138. The van der Waals surface area contributed by atoms with Crippen LogP contribution >= 0.6 is 0 Å². The summed E-state index contributed by atoms with van der Waals surface area (Å²) in [7, 11) is 0. The van der Waals surface area contributed by atoms with Crippen molar-refractivity contribution in [2.24, 2.45) is 0 Å². The Morgan fingerprint density at radius 2 is 1.52 bits per heavy atom. The number of carbonyl (C=O) groups is 2. The Bertz CT molecular complexity index is 711. The first-order valence-electron chi connectivity index (χ1n) is 8.08.